The Labute approximate surface area is 122 Å². The highest BCUT2D eigenvalue weighted by molar-refractivity contribution is 7.89. The molecule has 1 aliphatic heterocycles. The van der Waals surface area contributed by atoms with E-state index in [4.69, 9.17) is 5.73 Å². The molecule has 0 aromatic heterocycles. The zero-order chi connectivity index (χ0) is 14.9. The monoisotopic (exact) mass is 302 g/mol. The van der Waals surface area contributed by atoms with E-state index < -0.39 is 16.2 Å². The molecule has 7 heteroatoms. The molecule has 6 nitrogen and oxygen atoms in total. The lowest BCUT2D eigenvalue weighted by Gasteiger charge is -2.22. The first kappa shape index (κ1) is 13.6. The lowest BCUT2D eigenvalue weighted by atomic mass is 10.2. The van der Waals surface area contributed by atoms with Gasteiger partial charge in [-0.2, -0.15) is 4.72 Å². The third-order valence-corrected chi connectivity index (χ3v) is 4.51. The van der Waals surface area contributed by atoms with Gasteiger partial charge in [0.05, 0.1) is 16.3 Å². The Morgan fingerprint density at radius 2 is 1.81 bits per heavy atom. The van der Waals surface area contributed by atoms with Crippen molar-refractivity contribution in [3.05, 3.63) is 48.5 Å². The van der Waals surface area contributed by atoms with E-state index >= 15 is 0 Å². The molecule has 0 spiro atoms. The molecule has 0 radical (unpaired) electrons. The van der Waals surface area contributed by atoms with Crippen LogP contribution in [0.15, 0.2) is 58.4 Å². The molecule has 108 valence electrons. The lowest BCUT2D eigenvalue weighted by molar-refractivity contribution is 0.580. The van der Waals surface area contributed by atoms with Crippen LogP contribution in [0.4, 0.5) is 17.1 Å². The number of hydrogen-bond acceptors (Lipinski definition) is 5. The smallest absolute Gasteiger partial charge is 0.242 e. The minimum absolute atomic E-state index is 0.158. The summed E-state index contributed by atoms with van der Waals surface area (Å²) in [6.45, 7) is 0. The maximum absolute atomic E-state index is 12.3. The maximum Gasteiger partial charge on any atom is 0.242 e. The second-order valence-corrected chi connectivity index (χ2v) is 6.32. The Morgan fingerprint density at radius 3 is 2.57 bits per heavy atom. The van der Waals surface area contributed by atoms with E-state index in [9.17, 15) is 8.42 Å². The number of anilines is 2. The Hall–Kier alpha value is -2.38. The van der Waals surface area contributed by atoms with Crippen molar-refractivity contribution in [1.82, 2.24) is 4.72 Å². The summed E-state index contributed by atoms with van der Waals surface area (Å²) in [7, 11) is -3.64. The van der Waals surface area contributed by atoms with Crippen molar-refractivity contribution in [3.8, 4) is 0 Å². The molecule has 2 aromatic carbocycles. The highest BCUT2D eigenvalue weighted by Gasteiger charge is 2.21. The number of rotatable bonds is 3. The molecule has 1 unspecified atom stereocenters. The van der Waals surface area contributed by atoms with E-state index in [2.05, 4.69) is 15.0 Å². The summed E-state index contributed by atoms with van der Waals surface area (Å²) < 4.78 is 27.1. The number of nitrogens with two attached hydrogens (primary N) is 1. The van der Waals surface area contributed by atoms with Gasteiger partial charge in [-0.15, -0.1) is 0 Å². The van der Waals surface area contributed by atoms with Crippen LogP contribution in [0.1, 0.15) is 0 Å². The number of benzene rings is 2. The number of para-hydroxylation sites is 2. The largest absolute Gasteiger partial charge is 0.399 e. The molecule has 4 N–H and O–H groups in total. The minimum atomic E-state index is -3.64. The second kappa shape index (κ2) is 5.19. The summed E-state index contributed by atoms with van der Waals surface area (Å²) in [5, 5.41) is 3.07. The number of fused-ring (bicyclic) bond motifs is 1. The van der Waals surface area contributed by atoms with Crippen molar-refractivity contribution in [2.75, 3.05) is 11.1 Å². The lowest BCUT2D eigenvalue weighted by Crippen LogP contribution is -2.42. The van der Waals surface area contributed by atoms with Crippen LogP contribution in [0.2, 0.25) is 0 Å². The van der Waals surface area contributed by atoms with Gasteiger partial charge in [-0.3, -0.25) is 4.99 Å². The van der Waals surface area contributed by atoms with Crippen molar-refractivity contribution in [2.45, 2.75) is 11.1 Å². The quantitative estimate of drug-likeness (QED) is 0.752. The van der Waals surface area contributed by atoms with Crippen LogP contribution >= 0.6 is 0 Å². The predicted octanol–water partition coefficient (Wildman–Crippen LogP) is 1.70. The van der Waals surface area contributed by atoms with Crippen LogP contribution < -0.4 is 15.8 Å². The zero-order valence-electron chi connectivity index (χ0n) is 11.0. The first-order chi connectivity index (χ1) is 10.0. The average molecular weight is 302 g/mol. The summed E-state index contributed by atoms with van der Waals surface area (Å²) in [5.41, 5.74) is 7.63. The van der Waals surface area contributed by atoms with E-state index in [-0.39, 0.29) is 4.90 Å². The molecule has 1 heterocycles. The van der Waals surface area contributed by atoms with Crippen LogP contribution in [0, 0.1) is 0 Å². The Kier molecular flexibility index (Phi) is 3.36. The van der Waals surface area contributed by atoms with Crippen LogP contribution in [0.25, 0.3) is 0 Å². The standard InChI is InChI=1S/C14H14N4O2S/c15-10-5-7-11(8-6-10)21(19,20)18-14-9-16-12-3-1-2-4-13(12)17-14/h1-9,14,17-18H,15H2. The van der Waals surface area contributed by atoms with Gasteiger partial charge < -0.3 is 11.1 Å². The van der Waals surface area contributed by atoms with Crippen LogP contribution in [-0.4, -0.2) is 20.8 Å². The van der Waals surface area contributed by atoms with Gasteiger partial charge in [-0.05, 0) is 36.4 Å². The van der Waals surface area contributed by atoms with Gasteiger partial charge in [-0.25, -0.2) is 8.42 Å². The summed E-state index contributed by atoms with van der Waals surface area (Å²) in [4.78, 5) is 4.39. The van der Waals surface area contributed by atoms with E-state index in [1.165, 1.54) is 18.3 Å². The molecule has 1 aliphatic rings. The summed E-state index contributed by atoms with van der Waals surface area (Å²) in [5.74, 6) is 0. The van der Waals surface area contributed by atoms with Crippen molar-refractivity contribution < 1.29 is 8.42 Å². The van der Waals surface area contributed by atoms with E-state index in [1.807, 2.05) is 24.3 Å². The average Bonchev–Trinajstić information content (AvgIpc) is 2.47. The van der Waals surface area contributed by atoms with Crippen molar-refractivity contribution >= 4 is 33.3 Å². The number of hydrogen-bond donors (Lipinski definition) is 3. The third-order valence-electron chi connectivity index (χ3n) is 3.05. The number of nitrogens with zero attached hydrogens (tertiary/aromatic N) is 1. The van der Waals surface area contributed by atoms with Gasteiger partial charge in [0.15, 0.2) is 0 Å². The first-order valence-corrected chi connectivity index (χ1v) is 7.80. The highest BCUT2D eigenvalue weighted by atomic mass is 32.2. The normalized spacial score (nSPS) is 17.0. The molecule has 21 heavy (non-hydrogen) atoms. The molecule has 2 aromatic rings. The molecule has 0 saturated carbocycles. The fourth-order valence-corrected chi connectivity index (χ4v) is 3.09. The van der Waals surface area contributed by atoms with E-state index in [0.29, 0.717) is 5.69 Å². The molecule has 0 amide bonds. The number of nitrogen functional groups attached to an aromatic ring is 1. The first-order valence-electron chi connectivity index (χ1n) is 6.32. The van der Waals surface area contributed by atoms with Gasteiger partial charge in [-0.1, -0.05) is 12.1 Å². The third kappa shape index (κ3) is 2.88. The molecule has 3 rings (SSSR count). The Bertz CT molecular complexity index is 785. The van der Waals surface area contributed by atoms with Crippen LogP contribution in [-0.2, 0) is 10.0 Å². The number of aliphatic imine (C=N–C) groups is 1. The maximum atomic E-state index is 12.3. The molecule has 0 bridgehead atoms. The molecular formula is C14H14N4O2S. The molecule has 0 fully saturated rings. The predicted molar refractivity (Wildman–Crippen MR) is 83.2 cm³/mol. The molecule has 0 aliphatic carbocycles. The molecular weight excluding hydrogens is 288 g/mol. The highest BCUT2D eigenvalue weighted by Crippen LogP contribution is 2.27. The van der Waals surface area contributed by atoms with Crippen molar-refractivity contribution in [3.63, 3.8) is 0 Å². The van der Waals surface area contributed by atoms with Gasteiger partial charge in [0.2, 0.25) is 10.0 Å². The summed E-state index contributed by atoms with van der Waals surface area (Å²) in [6.07, 6.45) is 0.930. The summed E-state index contributed by atoms with van der Waals surface area (Å²) in [6, 6.07) is 13.4. The fraction of sp³-hybridized carbons (Fsp3) is 0.0714. The SMILES string of the molecule is Nc1ccc(S(=O)(=O)NC2C=Nc3ccccc3N2)cc1. The summed E-state index contributed by atoms with van der Waals surface area (Å²) >= 11 is 0. The topological polar surface area (TPSA) is 96.6 Å². The van der Waals surface area contributed by atoms with Gasteiger partial charge >= 0.3 is 0 Å². The van der Waals surface area contributed by atoms with Crippen LogP contribution in [0.5, 0.6) is 0 Å². The van der Waals surface area contributed by atoms with Crippen molar-refractivity contribution in [2.24, 2.45) is 4.99 Å². The van der Waals surface area contributed by atoms with Gasteiger partial charge in [0.25, 0.3) is 0 Å². The van der Waals surface area contributed by atoms with Crippen LogP contribution in [0.3, 0.4) is 0 Å². The van der Waals surface area contributed by atoms with Crippen molar-refractivity contribution in [1.29, 1.82) is 0 Å². The molecule has 1 atom stereocenters. The Balaban J connectivity index is 1.80. The number of sulfonamides is 1. The van der Waals surface area contributed by atoms with E-state index in [1.54, 1.807) is 12.1 Å². The minimum Gasteiger partial charge on any atom is -0.399 e. The Morgan fingerprint density at radius 1 is 1.10 bits per heavy atom. The fourth-order valence-electron chi connectivity index (χ4n) is 2.01. The van der Waals surface area contributed by atoms with E-state index in [0.717, 1.165) is 11.4 Å². The molecule has 0 saturated heterocycles. The van der Waals surface area contributed by atoms with Gasteiger partial charge in [0, 0.05) is 11.9 Å². The second-order valence-electron chi connectivity index (χ2n) is 4.61. The number of nitrogens with one attached hydrogen (secondary N) is 2. The zero-order valence-corrected chi connectivity index (χ0v) is 11.8. The van der Waals surface area contributed by atoms with Gasteiger partial charge in [0.1, 0.15) is 6.17 Å².